The van der Waals surface area contributed by atoms with Crippen molar-refractivity contribution in [1.29, 1.82) is 0 Å². The molecule has 2 aromatic rings. The molecule has 1 fully saturated rings. The lowest BCUT2D eigenvalue weighted by Gasteiger charge is -2.36. The van der Waals surface area contributed by atoms with Crippen molar-refractivity contribution >= 4 is 5.91 Å². The molecular formula is C23H30N2O3. The average molecular weight is 383 g/mol. The van der Waals surface area contributed by atoms with Gasteiger partial charge in [0.1, 0.15) is 11.5 Å². The van der Waals surface area contributed by atoms with Crippen LogP contribution in [-0.2, 0) is 0 Å². The summed E-state index contributed by atoms with van der Waals surface area (Å²) >= 11 is 0. The highest BCUT2D eigenvalue weighted by atomic mass is 16.5. The molecule has 2 aromatic carbocycles. The molecule has 0 unspecified atom stereocenters. The van der Waals surface area contributed by atoms with Gasteiger partial charge in [-0.3, -0.25) is 4.79 Å². The summed E-state index contributed by atoms with van der Waals surface area (Å²) in [6, 6.07) is 13.4. The van der Waals surface area contributed by atoms with E-state index < -0.39 is 0 Å². The molecule has 0 atom stereocenters. The smallest absolute Gasteiger partial charge is 0.251 e. The molecule has 1 saturated carbocycles. The van der Waals surface area contributed by atoms with Crippen LogP contribution in [0.25, 0.3) is 11.1 Å². The fourth-order valence-corrected chi connectivity index (χ4v) is 4.00. The first-order valence-corrected chi connectivity index (χ1v) is 9.77. The van der Waals surface area contributed by atoms with Gasteiger partial charge in [-0.1, -0.05) is 25.0 Å². The highest BCUT2D eigenvalue weighted by molar-refractivity contribution is 5.94. The zero-order valence-corrected chi connectivity index (χ0v) is 17.2. The van der Waals surface area contributed by atoms with Crippen molar-refractivity contribution in [3.63, 3.8) is 0 Å². The summed E-state index contributed by atoms with van der Waals surface area (Å²) in [4.78, 5) is 14.9. The maximum absolute atomic E-state index is 12.6. The lowest BCUT2D eigenvalue weighted by Crippen LogP contribution is -2.50. The van der Waals surface area contributed by atoms with Gasteiger partial charge >= 0.3 is 0 Å². The number of likely N-dealkylation sites (N-methyl/N-ethyl adjacent to an activating group) is 1. The number of hydrogen-bond acceptors (Lipinski definition) is 4. The molecule has 0 aromatic heterocycles. The number of nitrogens with one attached hydrogen (secondary N) is 1. The first kappa shape index (κ1) is 20.2. The minimum atomic E-state index is -0.0265. The first-order chi connectivity index (χ1) is 13.5. The normalized spacial score (nSPS) is 15.5. The Balaban J connectivity index is 1.71. The van der Waals surface area contributed by atoms with Gasteiger partial charge in [-0.15, -0.1) is 0 Å². The van der Waals surface area contributed by atoms with E-state index in [1.54, 1.807) is 14.2 Å². The minimum absolute atomic E-state index is 0.0265. The Kier molecular flexibility index (Phi) is 6.25. The topological polar surface area (TPSA) is 50.8 Å². The van der Waals surface area contributed by atoms with Crippen LogP contribution in [0.15, 0.2) is 42.5 Å². The number of amides is 1. The van der Waals surface area contributed by atoms with E-state index in [-0.39, 0.29) is 11.4 Å². The Labute approximate surface area is 167 Å². The van der Waals surface area contributed by atoms with Crippen LogP contribution in [0, 0.1) is 0 Å². The van der Waals surface area contributed by atoms with Gasteiger partial charge in [-0.05, 0) is 56.8 Å². The van der Waals surface area contributed by atoms with Gasteiger partial charge in [0.25, 0.3) is 5.91 Å². The van der Waals surface area contributed by atoms with Crippen LogP contribution < -0.4 is 14.8 Å². The SMILES string of the molecule is COc1ccc(-c2ccc(C(=O)NCC3(N(C)C)CCCC3)cc2)c(OC)c1. The number of benzene rings is 2. The molecule has 0 spiro atoms. The molecule has 1 aliphatic carbocycles. The molecule has 1 aliphatic rings. The standard InChI is InChI=1S/C23H30N2O3/c1-25(2)23(13-5-6-14-23)16-24-22(26)18-9-7-17(8-10-18)20-12-11-19(27-3)15-21(20)28-4/h7-12,15H,5-6,13-14,16H2,1-4H3,(H,24,26). The molecule has 5 heteroatoms. The Bertz CT molecular complexity index is 809. The van der Waals surface area contributed by atoms with E-state index in [0.29, 0.717) is 12.1 Å². The monoisotopic (exact) mass is 382 g/mol. The van der Waals surface area contributed by atoms with Crippen LogP contribution in [0.3, 0.4) is 0 Å². The lowest BCUT2D eigenvalue weighted by molar-refractivity contribution is 0.0900. The predicted octanol–water partition coefficient (Wildman–Crippen LogP) is 3.98. The number of carbonyl (C=O) groups excluding carboxylic acids is 1. The Morgan fingerprint density at radius 2 is 1.71 bits per heavy atom. The summed E-state index contributed by atoms with van der Waals surface area (Å²) in [7, 11) is 7.49. The van der Waals surface area contributed by atoms with E-state index in [9.17, 15) is 4.79 Å². The summed E-state index contributed by atoms with van der Waals surface area (Å²) < 4.78 is 10.7. The van der Waals surface area contributed by atoms with Gasteiger partial charge in [0, 0.05) is 29.3 Å². The molecule has 0 heterocycles. The van der Waals surface area contributed by atoms with E-state index in [4.69, 9.17) is 9.47 Å². The highest BCUT2D eigenvalue weighted by Gasteiger charge is 2.36. The Hall–Kier alpha value is -2.53. The lowest BCUT2D eigenvalue weighted by atomic mass is 9.95. The van der Waals surface area contributed by atoms with E-state index in [2.05, 4.69) is 24.3 Å². The molecular weight excluding hydrogens is 352 g/mol. The summed E-state index contributed by atoms with van der Waals surface area (Å²) in [5.41, 5.74) is 2.72. The molecule has 0 radical (unpaired) electrons. The number of hydrogen-bond donors (Lipinski definition) is 1. The van der Waals surface area contributed by atoms with Crippen LogP contribution in [0.5, 0.6) is 11.5 Å². The van der Waals surface area contributed by atoms with Gasteiger partial charge in [0.05, 0.1) is 14.2 Å². The second kappa shape index (κ2) is 8.65. The number of ether oxygens (including phenoxy) is 2. The molecule has 28 heavy (non-hydrogen) atoms. The highest BCUT2D eigenvalue weighted by Crippen LogP contribution is 2.34. The number of carbonyl (C=O) groups is 1. The summed E-state index contributed by atoms with van der Waals surface area (Å²) in [5, 5.41) is 3.14. The van der Waals surface area contributed by atoms with Crippen molar-refractivity contribution in [2.75, 3.05) is 34.9 Å². The van der Waals surface area contributed by atoms with Gasteiger partial charge < -0.3 is 19.7 Å². The van der Waals surface area contributed by atoms with E-state index in [0.717, 1.165) is 35.5 Å². The van der Waals surface area contributed by atoms with Crippen LogP contribution >= 0.6 is 0 Å². The van der Waals surface area contributed by atoms with E-state index in [1.165, 1.54) is 12.8 Å². The second-order valence-corrected chi connectivity index (χ2v) is 7.65. The molecule has 1 N–H and O–H groups in total. The third-order valence-corrected chi connectivity index (χ3v) is 5.93. The Morgan fingerprint density at radius 3 is 2.29 bits per heavy atom. The zero-order chi connectivity index (χ0) is 20.1. The van der Waals surface area contributed by atoms with Crippen LogP contribution in [0.4, 0.5) is 0 Å². The maximum atomic E-state index is 12.6. The quantitative estimate of drug-likeness (QED) is 0.787. The molecule has 0 bridgehead atoms. The zero-order valence-electron chi connectivity index (χ0n) is 17.2. The molecule has 5 nitrogen and oxygen atoms in total. The Morgan fingerprint density at radius 1 is 1.04 bits per heavy atom. The van der Waals surface area contributed by atoms with E-state index in [1.807, 2.05) is 42.5 Å². The second-order valence-electron chi connectivity index (χ2n) is 7.65. The fourth-order valence-electron chi connectivity index (χ4n) is 4.00. The number of rotatable bonds is 7. The van der Waals surface area contributed by atoms with Crippen LogP contribution in [0.2, 0.25) is 0 Å². The van der Waals surface area contributed by atoms with Crippen molar-refractivity contribution in [2.45, 2.75) is 31.2 Å². The van der Waals surface area contributed by atoms with Crippen molar-refractivity contribution in [1.82, 2.24) is 10.2 Å². The van der Waals surface area contributed by atoms with Gasteiger partial charge in [-0.25, -0.2) is 0 Å². The molecule has 0 aliphatic heterocycles. The summed E-state index contributed by atoms with van der Waals surface area (Å²) in [6.45, 7) is 0.687. The van der Waals surface area contributed by atoms with Crippen LogP contribution in [-0.4, -0.2) is 51.2 Å². The third kappa shape index (κ3) is 4.14. The third-order valence-electron chi connectivity index (χ3n) is 5.93. The average Bonchev–Trinajstić information content (AvgIpc) is 3.22. The van der Waals surface area contributed by atoms with Crippen LogP contribution in [0.1, 0.15) is 36.0 Å². The largest absolute Gasteiger partial charge is 0.497 e. The van der Waals surface area contributed by atoms with Crippen molar-refractivity contribution < 1.29 is 14.3 Å². The van der Waals surface area contributed by atoms with Crippen molar-refractivity contribution in [3.8, 4) is 22.6 Å². The number of nitrogens with zero attached hydrogens (tertiary/aromatic N) is 1. The molecule has 0 saturated heterocycles. The predicted molar refractivity (Wildman–Crippen MR) is 112 cm³/mol. The van der Waals surface area contributed by atoms with Gasteiger partial charge in [-0.2, -0.15) is 0 Å². The first-order valence-electron chi connectivity index (χ1n) is 9.77. The molecule has 1 amide bonds. The fraction of sp³-hybridized carbons (Fsp3) is 0.435. The van der Waals surface area contributed by atoms with Crippen molar-refractivity contribution in [3.05, 3.63) is 48.0 Å². The minimum Gasteiger partial charge on any atom is -0.497 e. The van der Waals surface area contributed by atoms with Gasteiger partial charge in [0.15, 0.2) is 0 Å². The maximum Gasteiger partial charge on any atom is 0.251 e. The summed E-state index contributed by atoms with van der Waals surface area (Å²) in [5.74, 6) is 1.46. The number of methoxy groups -OCH3 is 2. The summed E-state index contributed by atoms with van der Waals surface area (Å²) in [6.07, 6.45) is 4.73. The molecule has 150 valence electrons. The molecule has 3 rings (SSSR count). The van der Waals surface area contributed by atoms with Crippen molar-refractivity contribution in [2.24, 2.45) is 0 Å². The van der Waals surface area contributed by atoms with E-state index >= 15 is 0 Å². The van der Waals surface area contributed by atoms with Gasteiger partial charge in [0.2, 0.25) is 0 Å².